The highest BCUT2D eigenvalue weighted by atomic mass is 14.6. The highest BCUT2D eigenvalue weighted by Gasteiger charge is 1.89. The van der Waals surface area contributed by atoms with Crippen LogP contribution in [0.5, 0.6) is 0 Å². The first-order valence-electron chi connectivity index (χ1n) is 3.32. The van der Waals surface area contributed by atoms with E-state index in [1.807, 2.05) is 6.07 Å². The highest BCUT2D eigenvalue weighted by molar-refractivity contribution is 6.23. The van der Waals surface area contributed by atoms with E-state index in [0.29, 0.717) is 16.7 Å². The molecule has 0 atom stereocenters. The minimum Gasteiger partial charge on any atom is -0.398 e. The summed E-state index contributed by atoms with van der Waals surface area (Å²) in [5.74, 6) is 0. The minimum atomic E-state index is 0.392. The molecule has 0 heterocycles. The predicted molar refractivity (Wildman–Crippen MR) is 50.0 cm³/mol. The lowest BCUT2D eigenvalue weighted by Crippen LogP contribution is -1.96. The van der Waals surface area contributed by atoms with Gasteiger partial charge in [0.25, 0.3) is 0 Å². The second-order valence-corrected chi connectivity index (χ2v) is 2.16. The molecular formula is C9H9BN2. The number of hydrogen-bond acceptors (Lipinski definition) is 2. The van der Waals surface area contributed by atoms with Crippen LogP contribution in [-0.2, 0) is 0 Å². The Bertz CT molecular complexity index is 312. The highest BCUT2D eigenvalue weighted by Crippen LogP contribution is 1.98. The molecular weight excluding hydrogens is 147 g/mol. The second-order valence-electron chi connectivity index (χ2n) is 2.16. The van der Waals surface area contributed by atoms with Crippen molar-refractivity contribution in [2.75, 3.05) is 0 Å². The third kappa shape index (κ3) is 3.51. The molecule has 0 rings (SSSR count). The maximum Gasteiger partial charge on any atom is 0.125 e. The lowest BCUT2D eigenvalue weighted by atomic mass is 9.96. The van der Waals surface area contributed by atoms with Gasteiger partial charge in [0.1, 0.15) is 7.85 Å². The smallest absolute Gasteiger partial charge is 0.125 e. The van der Waals surface area contributed by atoms with E-state index >= 15 is 0 Å². The van der Waals surface area contributed by atoms with Crippen molar-refractivity contribution in [2.24, 2.45) is 5.73 Å². The zero-order valence-corrected chi connectivity index (χ0v) is 6.96. The van der Waals surface area contributed by atoms with E-state index in [1.54, 1.807) is 19.1 Å². The summed E-state index contributed by atoms with van der Waals surface area (Å²) in [6, 6.07) is 1.92. The molecule has 0 saturated carbocycles. The van der Waals surface area contributed by atoms with Crippen molar-refractivity contribution < 1.29 is 0 Å². The van der Waals surface area contributed by atoms with Crippen LogP contribution in [0.3, 0.4) is 0 Å². The summed E-state index contributed by atoms with van der Waals surface area (Å²) in [7, 11) is 5.36. The second kappa shape index (κ2) is 5.06. The fraction of sp³-hybridized carbons (Fsp3) is 0.111. The lowest BCUT2D eigenvalue weighted by Gasteiger charge is -1.92. The maximum atomic E-state index is 8.44. The van der Waals surface area contributed by atoms with E-state index in [1.165, 1.54) is 0 Å². The Hall–Kier alpha value is -1.65. The number of hydrogen-bond donors (Lipinski definition) is 1. The lowest BCUT2D eigenvalue weighted by molar-refractivity contribution is 1.31. The van der Waals surface area contributed by atoms with Crippen LogP contribution >= 0.6 is 0 Å². The van der Waals surface area contributed by atoms with E-state index in [-0.39, 0.29) is 0 Å². The minimum absolute atomic E-state index is 0.392. The molecule has 2 N–H and O–H groups in total. The van der Waals surface area contributed by atoms with Crippen molar-refractivity contribution in [3.05, 3.63) is 41.2 Å². The van der Waals surface area contributed by atoms with Gasteiger partial charge in [-0.15, -0.1) is 5.73 Å². The monoisotopic (exact) mass is 156 g/mol. The molecule has 0 spiro atoms. The van der Waals surface area contributed by atoms with Gasteiger partial charge in [-0.3, -0.25) is 0 Å². The number of nitrogens with zero attached hydrogens (tertiary/aromatic N) is 1. The molecule has 0 aromatic rings. The van der Waals surface area contributed by atoms with Crippen LogP contribution in [0.1, 0.15) is 6.92 Å². The van der Waals surface area contributed by atoms with Gasteiger partial charge < -0.3 is 5.73 Å². The van der Waals surface area contributed by atoms with Crippen LogP contribution < -0.4 is 5.73 Å². The molecule has 12 heavy (non-hydrogen) atoms. The normalized spacial score (nSPS) is 11.7. The summed E-state index contributed by atoms with van der Waals surface area (Å²) < 4.78 is 0. The summed E-state index contributed by atoms with van der Waals surface area (Å²) in [6.45, 7) is 4.98. The average Bonchev–Trinajstić information content (AvgIpc) is 2.11. The standard InChI is InChI=1S/C9H9BN2/c1-3-8(10)4-5-9(12)7(2)6-11/h4-5H,1,12H2,2H3/b5-4-,9-7-. The van der Waals surface area contributed by atoms with Crippen LogP contribution in [-0.4, -0.2) is 7.85 Å². The topological polar surface area (TPSA) is 49.8 Å². The van der Waals surface area contributed by atoms with Crippen molar-refractivity contribution in [1.82, 2.24) is 0 Å². The Morgan fingerprint density at radius 3 is 2.58 bits per heavy atom. The van der Waals surface area contributed by atoms with Crippen LogP contribution in [0.2, 0.25) is 0 Å². The molecule has 0 bridgehead atoms. The summed E-state index contributed by atoms with van der Waals surface area (Å²) in [5.41, 5.74) is 9.21. The zero-order chi connectivity index (χ0) is 9.56. The summed E-state index contributed by atoms with van der Waals surface area (Å²) in [5, 5.41) is 8.44. The molecule has 0 amide bonds. The maximum absolute atomic E-state index is 8.44. The fourth-order valence-electron chi connectivity index (χ4n) is 0.428. The van der Waals surface area contributed by atoms with Crippen molar-refractivity contribution in [3.63, 3.8) is 0 Å². The molecule has 2 nitrogen and oxygen atoms in total. The Morgan fingerprint density at radius 1 is 1.58 bits per heavy atom. The Kier molecular flexibility index (Phi) is 4.37. The van der Waals surface area contributed by atoms with Gasteiger partial charge in [0.05, 0.1) is 6.07 Å². The Labute approximate surface area is 73.8 Å². The van der Waals surface area contributed by atoms with E-state index in [4.69, 9.17) is 18.8 Å². The van der Waals surface area contributed by atoms with Gasteiger partial charge in [-0.2, -0.15) is 5.26 Å². The van der Waals surface area contributed by atoms with Crippen molar-refractivity contribution in [2.45, 2.75) is 6.92 Å². The third-order valence-corrected chi connectivity index (χ3v) is 1.25. The average molecular weight is 156 g/mol. The molecule has 0 aliphatic carbocycles. The van der Waals surface area contributed by atoms with E-state index < -0.39 is 0 Å². The molecule has 58 valence electrons. The SMILES string of the molecule is [B]C(=C=C)/C=C\C(N)=C(/C)C#N. The zero-order valence-electron chi connectivity index (χ0n) is 6.96. The number of nitriles is 1. The van der Waals surface area contributed by atoms with Crippen LogP contribution in [0.15, 0.2) is 41.2 Å². The summed E-state index contributed by atoms with van der Waals surface area (Å²) in [4.78, 5) is 0. The van der Waals surface area contributed by atoms with Crippen LogP contribution in [0.4, 0.5) is 0 Å². The first-order chi connectivity index (χ1) is 5.61. The molecule has 0 aromatic heterocycles. The predicted octanol–water partition coefficient (Wildman–Crippen LogP) is 1.14. The number of rotatable bonds is 2. The Balaban J connectivity index is 4.61. The molecule has 0 saturated heterocycles. The number of allylic oxidation sites excluding steroid dienone is 4. The van der Waals surface area contributed by atoms with Crippen LogP contribution in [0, 0.1) is 11.3 Å². The molecule has 0 aliphatic rings. The molecule has 2 radical (unpaired) electrons. The van der Waals surface area contributed by atoms with E-state index in [2.05, 4.69) is 12.3 Å². The van der Waals surface area contributed by atoms with Gasteiger partial charge in [0, 0.05) is 11.3 Å². The summed E-state index contributed by atoms with van der Waals surface area (Å²) >= 11 is 0. The van der Waals surface area contributed by atoms with Gasteiger partial charge in [-0.05, 0) is 13.0 Å². The van der Waals surface area contributed by atoms with Crippen molar-refractivity contribution in [1.29, 1.82) is 5.26 Å². The van der Waals surface area contributed by atoms with E-state index in [9.17, 15) is 0 Å². The summed E-state index contributed by atoms with van der Waals surface area (Å²) in [6.07, 6.45) is 3.09. The molecule has 0 aromatic carbocycles. The van der Waals surface area contributed by atoms with Gasteiger partial charge in [-0.25, -0.2) is 0 Å². The first-order valence-corrected chi connectivity index (χ1v) is 3.32. The quantitative estimate of drug-likeness (QED) is 0.282. The molecule has 0 aliphatic heterocycles. The molecule has 3 heteroatoms. The van der Waals surface area contributed by atoms with Gasteiger partial charge in [0.15, 0.2) is 0 Å². The van der Waals surface area contributed by atoms with Gasteiger partial charge in [-0.1, -0.05) is 18.1 Å². The van der Waals surface area contributed by atoms with Crippen molar-refractivity contribution >= 4 is 7.85 Å². The van der Waals surface area contributed by atoms with Gasteiger partial charge >= 0.3 is 0 Å². The third-order valence-electron chi connectivity index (χ3n) is 1.25. The molecule has 0 unspecified atom stereocenters. The fourth-order valence-corrected chi connectivity index (χ4v) is 0.428. The van der Waals surface area contributed by atoms with Crippen LogP contribution in [0.25, 0.3) is 0 Å². The van der Waals surface area contributed by atoms with E-state index in [0.717, 1.165) is 0 Å². The van der Waals surface area contributed by atoms with Crippen molar-refractivity contribution in [3.8, 4) is 6.07 Å². The largest absolute Gasteiger partial charge is 0.398 e. The Morgan fingerprint density at radius 2 is 2.17 bits per heavy atom. The number of nitrogens with two attached hydrogens (primary N) is 1. The first kappa shape index (κ1) is 10.4. The molecule has 0 fully saturated rings. The van der Waals surface area contributed by atoms with Gasteiger partial charge in [0.2, 0.25) is 0 Å².